The zero-order valence-corrected chi connectivity index (χ0v) is 23.6. The zero-order chi connectivity index (χ0) is 28.5. The summed E-state index contributed by atoms with van der Waals surface area (Å²) in [5.41, 5.74) is 1.84. The number of carbonyl (C=O) groups excluding carboxylic acids is 1. The van der Waals surface area contributed by atoms with E-state index in [2.05, 4.69) is 15.3 Å². The Morgan fingerprint density at radius 3 is 2.32 bits per heavy atom. The van der Waals surface area contributed by atoms with Crippen LogP contribution in [0, 0.1) is 21.3 Å². The van der Waals surface area contributed by atoms with Crippen LogP contribution >= 0.6 is 0 Å². The number of aryl methyl sites for hydroxylation is 2. The molecule has 1 N–H and O–H groups in total. The maximum Gasteiger partial charge on any atom is 1.00 e. The van der Waals surface area contributed by atoms with Gasteiger partial charge in [0.2, 0.25) is 0 Å². The monoisotopic (exact) mass is 553 g/mol. The second kappa shape index (κ2) is 13.1. The Morgan fingerprint density at radius 1 is 1.07 bits per heavy atom. The normalized spacial score (nSPS) is 12.2. The van der Waals surface area contributed by atoms with Gasteiger partial charge in [-0.1, -0.05) is 17.7 Å². The number of nitrogens with zero attached hydrogens (tertiary/aromatic N) is 4. The third kappa shape index (κ3) is 6.84. The van der Waals surface area contributed by atoms with Gasteiger partial charge in [-0.15, -0.1) is 0 Å². The number of halogens is 3. The van der Waals surface area contributed by atoms with Crippen LogP contribution in [-0.2, 0) is 18.0 Å². The van der Waals surface area contributed by atoms with Crippen LogP contribution in [0.15, 0.2) is 59.7 Å². The molecule has 208 valence electrons. The number of pyridine rings is 1. The standard InChI is InChI=1S/C29H24F3N5O2.CH3.Li/c1-16-5-6-25(24(11-16)29(30,31)32)36-18(3)21-9-17(2)10-23-22(21)12-26(37(4)28(23)39)20-14-34-27(35-15-20)19(13-33)7-8-38;;/h5-7,9-15,18,36H,1-4H3;1H3;/q-2;-1;+1/b19-7+;;/t18-;;/m1../s1. The summed E-state index contributed by atoms with van der Waals surface area (Å²) in [6.07, 6.45) is 1.59. The molecule has 11 heteroatoms. The SMILES string of the molecule is Cc1ccc(N[C@H](C)c2cc(C)cc3c(=O)n(C)c(-c4cnc(/C(C=[N-])=C/[C-]=O)nc4)cc23)c(C(F)(F)F)c1.[CH3-].[Li+]. The van der Waals surface area contributed by atoms with Crippen LogP contribution in [0.1, 0.15) is 41.0 Å². The predicted molar refractivity (Wildman–Crippen MR) is 153 cm³/mol. The van der Waals surface area contributed by atoms with E-state index >= 15 is 0 Å². The van der Waals surface area contributed by atoms with Crippen LogP contribution in [-0.4, -0.2) is 27.0 Å². The molecule has 4 rings (SSSR count). The van der Waals surface area contributed by atoms with Gasteiger partial charge in [-0.25, -0.2) is 0 Å². The van der Waals surface area contributed by atoms with Crippen molar-refractivity contribution in [3.63, 3.8) is 0 Å². The van der Waals surface area contributed by atoms with E-state index < -0.39 is 17.8 Å². The minimum absolute atomic E-state index is 0. The van der Waals surface area contributed by atoms with Gasteiger partial charge in [-0.3, -0.25) is 21.0 Å². The summed E-state index contributed by atoms with van der Waals surface area (Å²) < 4.78 is 42.7. The van der Waals surface area contributed by atoms with E-state index in [4.69, 9.17) is 0 Å². The van der Waals surface area contributed by atoms with Gasteiger partial charge in [-0.05, 0) is 67.8 Å². The van der Waals surface area contributed by atoms with Crippen molar-refractivity contribution in [3.8, 4) is 11.3 Å². The van der Waals surface area contributed by atoms with Gasteiger partial charge in [0.05, 0.1) is 17.1 Å². The molecule has 4 aromatic rings. The first-order chi connectivity index (χ1) is 18.4. The minimum atomic E-state index is -4.54. The molecule has 0 saturated heterocycles. The Morgan fingerprint density at radius 2 is 1.73 bits per heavy atom. The maximum atomic E-state index is 13.7. The van der Waals surface area contributed by atoms with Gasteiger partial charge >= 0.3 is 25.0 Å². The van der Waals surface area contributed by atoms with Crippen molar-refractivity contribution >= 4 is 34.5 Å². The smallest absolute Gasteiger partial charge is 0.826 e. The van der Waals surface area contributed by atoms with Crippen LogP contribution in [0.2, 0.25) is 0 Å². The molecule has 0 radical (unpaired) electrons. The molecule has 0 aliphatic heterocycles. The first kappa shape index (κ1) is 33.2. The van der Waals surface area contributed by atoms with Crippen LogP contribution in [0.25, 0.3) is 33.0 Å². The zero-order valence-electron chi connectivity index (χ0n) is 23.6. The fourth-order valence-corrected chi connectivity index (χ4v) is 4.48. The maximum absolute atomic E-state index is 13.7. The van der Waals surface area contributed by atoms with Crippen molar-refractivity contribution in [2.45, 2.75) is 33.0 Å². The number of aromatic nitrogens is 3. The summed E-state index contributed by atoms with van der Waals surface area (Å²) in [6.45, 7) is 5.17. The number of rotatable bonds is 7. The molecule has 7 nitrogen and oxygen atoms in total. The Labute approximate surface area is 248 Å². The molecule has 41 heavy (non-hydrogen) atoms. The number of alkyl halides is 3. The molecule has 2 aromatic carbocycles. The summed E-state index contributed by atoms with van der Waals surface area (Å²) in [5, 5.41) is 13.3. The van der Waals surface area contributed by atoms with Crippen LogP contribution in [0.5, 0.6) is 0 Å². The van der Waals surface area contributed by atoms with E-state index in [-0.39, 0.29) is 48.9 Å². The van der Waals surface area contributed by atoms with E-state index in [1.54, 1.807) is 45.4 Å². The minimum Gasteiger partial charge on any atom is -0.826 e. The van der Waals surface area contributed by atoms with Crippen molar-refractivity contribution in [3.05, 3.63) is 106 Å². The van der Waals surface area contributed by atoms with Crippen molar-refractivity contribution in [1.82, 2.24) is 14.5 Å². The molecule has 2 aromatic heterocycles. The molecule has 0 aliphatic rings. The molecule has 0 spiro atoms. The van der Waals surface area contributed by atoms with Gasteiger partial charge in [0, 0.05) is 42.1 Å². The van der Waals surface area contributed by atoms with E-state index in [0.717, 1.165) is 17.7 Å². The van der Waals surface area contributed by atoms with E-state index in [1.165, 1.54) is 23.0 Å². The number of benzene rings is 2. The molecule has 0 bridgehead atoms. The summed E-state index contributed by atoms with van der Waals surface area (Å²) >= 11 is 0. The van der Waals surface area contributed by atoms with Crippen molar-refractivity contribution in [2.75, 3.05) is 5.32 Å². The second-order valence-electron chi connectivity index (χ2n) is 9.26. The third-order valence-electron chi connectivity index (χ3n) is 6.41. The number of anilines is 1. The van der Waals surface area contributed by atoms with E-state index in [1.807, 2.05) is 13.0 Å². The third-order valence-corrected chi connectivity index (χ3v) is 6.41. The fraction of sp³-hybridized carbons (Fsp3) is 0.200. The van der Waals surface area contributed by atoms with Gasteiger partial charge in [0.25, 0.3) is 5.56 Å². The molecular formula is C30H27F3LiN5O2-2. The molecule has 0 amide bonds. The Kier molecular flexibility index (Phi) is 10.6. The molecule has 0 aliphatic carbocycles. The Bertz CT molecular complexity index is 1680. The van der Waals surface area contributed by atoms with Crippen LogP contribution < -0.4 is 29.7 Å². The average Bonchev–Trinajstić information content (AvgIpc) is 2.89. The Balaban J connectivity index is 0.00000294. The molecule has 0 fully saturated rings. The second-order valence-corrected chi connectivity index (χ2v) is 9.26. The van der Waals surface area contributed by atoms with Gasteiger partial charge in [0.15, 0.2) is 0 Å². The van der Waals surface area contributed by atoms with E-state index in [9.17, 15) is 28.2 Å². The first-order valence-electron chi connectivity index (χ1n) is 11.9. The fourth-order valence-electron chi connectivity index (χ4n) is 4.48. The number of hydrogen-bond acceptors (Lipinski definition) is 5. The molecular weight excluding hydrogens is 526 g/mol. The van der Waals surface area contributed by atoms with Gasteiger partial charge in [0.1, 0.15) is 0 Å². The summed E-state index contributed by atoms with van der Waals surface area (Å²) in [7, 11) is 1.60. The number of allylic oxidation sites excluding steroid dienone is 2. The average molecular weight is 554 g/mol. The summed E-state index contributed by atoms with van der Waals surface area (Å²) in [4.78, 5) is 32.4. The van der Waals surface area contributed by atoms with Crippen LogP contribution in [0.3, 0.4) is 0 Å². The quantitative estimate of drug-likeness (QED) is 0.164. The van der Waals surface area contributed by atoms with E-state index in [0.29, 0.717) is 39.4 Å². The molecule has 2 heterocycles. The summed E-state index contributed by atoms with van der Waals surface area (Å²) in [6, 6.07) is 8.90. The summed E-state index contributed by atoms with van der Waals surface area (Å²) in [5.74, 6) is 0.0862. The van der Waals surface area contributed by atoms with Gasteiger partial charge < -0.3 is 27.5 Å². The Hall–Kier alpha value is -4.00. The number of hydrogen-bond donors (Lipinski definition) is 1. The first-order valence-corrected chi connectivity index (χ1v) is 11.9. The van der Waals surface area contributed by atoms with Gasteiger partial charge in [-0.2, -0.15) is 24.8 Å². The topological polar surface area (TPSA) is 99.2 Å². The number of nitrogens with one attached hydrogen (secondary N) is 1. The number of fused-ring (bicyclic) bond motifs is 1. The van der Waals surface area contributed by atoms with Crippen molar-refractivity contribution in [2.24, 2.45) is 7.05 Å². The van der Waals surface area contributed by atoms with Crippen molar-refractivity contribution in [1.29, 1.82) is 0 Å². The van der Waals surface area contributed by atoms with Crippen molar-refractivity contribution < 1.29 is 36.8 Å². The molecule has 0 unspecified atom stereocenters. The van der Waals surface area contributed by atoms with Crippen LogP contribution in [0.4, 0.5) is 18.9 Å². The molecule has 0 saturated carbocycles. The largest absolute Gasteiger partial charge is 1.00 e. The molecule has 1 atom stereocenters. The predicted octanol–water partition coefficient (Wildman–Crippen LogP) is 3.39.